The minimum atomic E-state index is -0.453. The Morgan fingerprint density at radius 1 is 1.41 bits per heavy atom. The van der Waals surface area contributed by atoms with Gasteiger partial charge in [-0.3, -0.25) is 4.79 Å². The standard InChI is InChI=1S/C17H16FNO2S/c1-10(8-12-6-7-22-9-12)19-17(20)15-11(2)13-4-3-5-14(18)16(13)21-15/h3-7,9-10H,8H2,1-2H3,(H,19,20). The first kappa shape index (κ1) is 14.8. The first-order valence-electron chi connectivity index (χ1n) is 7.06. The molecule has 1 unspecified atom stereocenters. The van der Waals surface area contributed by atoms with E-state index in [0.717, 1.165) is 6.42 Å². The highest BCUT2D eigenvalue weighted by molar-refractivity contribution is 7.07. The quantitative estimate of drug-likeness (QED) is 0.779. The van der Waals surface area contributed by atoms with E-state index in [1.807, 2.05) is 18.4 Å². The molecule has 0 spiro atoms. The minimum Gasteiger partial charge on any atom is -0.448 e. The molecule has 0 saturated carbocycles. The van der Waals surface area contributed by atoms with E-state index in [9.17, 15) is 9.18 Å². The molecule has 114 valence electrons. The number of nitrogens with one attached hydrogen (secondary N) is 1. The molecule has 0 fully saturated rings. The summed E-state index contributed by atoms with van der Waals surface area (Å²) in [6.07, 6.45) is 0.753. The van der Waals surface area contributed by atoms with Gasteiger partial charge in [-0.25, -0.2) is 4.39 Å². The minimum absolute atomic E-state index is 0.0282. The van der Waals surface area contributed by atoms with Crippen molar-refractivity contribution >= 4 is 28.2 Å². The number of amides is 1. The second-order valence-corrected chi connectivity index (χ2v) is 6.16. The maximum absolute atomic E-state index is 13.7. The molecule has 3 rings (SSSR count). The van der Waals surface area contributed by atoms with Crippen LogP contribution in [0.5, 0.6) is 0 Å². The molecule has 0 bridgehead atoms. The van der Waals surface area contributed by atoms with Crippen molar-refractivity contribution in [3.05, 3.63) is 57.7 Å². The number of hydrogen-bond donors (Lipinski definition) is 1. The van der Waals surface area contributed by atoms with Crippen molar-refractivity contribution in [2.75, 3.05) is 0 Å². The van der Waals surface area contributed by atoms with Gasteiger partial charge in [0.2, 0.25) is 0 Å². The van der Waals surface area contributed by atoms with Crippen molar-refractivity contribution in [3.63, 3.8) is 0 Å². The van der Waals surface area contributed by atoms with Crippen molar-refractivity contribution in [1.29, 1.82) is 0 Å². The van der Waals surface area contributed by atoms with Crippen LogP contribution in [0.3, 0.4) is 0 Å². The van der Waals surface area contributed by atoms with Crippen molar-refractivity contribution in [2.45, 2.75) is 26.3 Å². The molecule has 22 heavy (non-hydrogen) atoms. The third-order valence-corrected chi connectivity index (χ3v) is 4.35. The number of hydrogen-bond acceptors (Lipinski definition) is 3. The van der Waals surface area contributed by atoms with Crippen LogP contribution in [0, 0.1) is 12.7 Å². The van der Waals surface area contributed by atoms with Crippen molar-refractivity contribution in [2.24, 2.45) is 0 Å². The van der Waals surface area contributed by atoms with Crippen LogP contribution in [-0.4, -0.2) is 11.9 Å². The molecule has 1 atom stereocenters. The van der Waals surface area contributed by atoms with Crippen LogP contribution in [0.15, 0.2) is 39.4 Å². The number of fused-ring (bicyclic) bond motifs is 1. The van der Waals surface area contributed by atoms with Gasteiger partial charge in [0.05, 0.1) is 0 Å². The Bertz CT molecular complexity index is 808. The molecule has 0 aliphatic rings. The predicted octanol–water partition coefficient (Wildman–Crippen LogP) is 4.30. The lowest BCUT2D eigenvalue weighted by Gasteiger charge is -2.12. The summed E-state index contributed by atoms with van der Waals surface area (Å²) in [7, 11) is 0. The third kappa shape index (κ3) is 2.76. The Kier molecular flexibility index (Phi) is 3.98. The van der Waals surface area contributed by atoms with E-state index >= 15 is 0 Å². The molecule has 1 amide bonds. The Morgan fingerprint density at radius 3 is 2.91 bits per heavy atom. The van der Waals surface area contributed by atoms with Gasteiger partial charge in [0, 0.05) is 17.0 Å². The lowest BCUT2D eigenvalue weighted by molar-refractivity contribution is 0.0913. The highest BCUT2D eigenvalue weighted by Gasteiger charge is 2.20. The average molecular weight is 317 g/mol. The highest BCUT2D eigenvalue weighted by Crippen LogP contribution is 2.27. The molecule has 2 aromatic heterocycles. The molecular formula is C17H16FNO2S. The van der Waals surface area contributed by atoms with Gasteiger partial charge in [-0.05, 0) is 48.7 Å². The van der Waals surface area contributed by atoms with Crippen molar-refractivity contribution < 1.29 is 13.6 Å². The van der Waals surface area contributed by atoms with Crippen LogP contribution in [0.1, 0.15) is 28.6 Å². The lowest BCUT2D eigenvalue weighted by Crippen LogP contribution is -2.34. The first-order chi connectivity index (χ1) is 10.6. The van der Waals surface area contributed by atoms with Crippen LogP contribution in [-0.2, 0) is 6.42 Å². The van der Waals surface area contributed by atoms with Gasteiger partial charge < -0.3 is 9.73 Å². The molecule has 5 heteroatoms. The van der Waals surface area contributed by atoms with Gasteiger partial charge in [0.15, 0.2) is 17.2 Å². The fourth-order valence-corrected chi connectivity index (χ4v) is 3.21. The summed E-state index contributed by atoms with van der Waals surface area (Å²) in [6.45, 7) is 3.71. The summed E-state index contributed by atoms with van der Waals surface area (Å²) >= 11 is 1.63. The fourth-order valence-electron chi connectivity index (χ4n) is 2.53. The maximum atomic E-state index is 13.7. The van der Waals surface area contributed by atoms with Crippen LogP contribution < -0.4 is 5.32 Å². The predicted molar refractivity (Wildman–Crippen MR) is 85.9 cm³/mol. The summed E-state index contributed by atoms with van der Waals surface area (Å²) in [5.74, 6) is -0.584. The SMILES string of the molecule is Cc1c(C(=O)NC(C)Cc2ccsc2)oc2c(F)cccc12. The first-order valence-corrected chi connectivity index (χ1v) is 8.00. The molecule has 1 aromatic carbocycles. The van der Waals surface area contributed by atoms with Gasteiger partial charge in [-0.15, -0.1) is 0 Å². The lowest BCUT2D eigenvalue weighted by atomic mass is 10.1. The second-order valence-electron chi connectivity index (χ2n) is 5.38. The van der Waals surface area contributed by atoms with Gasteiger partial charge in [-0.1, -0.05) is 12.1 Å². The number of benzene rings is 1. The van der Waals surface area contributed by atoms with Crippen LogP contribution in [0.4, 0.5) is 4.39 Å². The number of thiophene rings is 1. The van der Waals surface area contributed by atoms with Crippen LogP contribution >= 0.6 is 11.3 Å². The number of carbonyl (C=O) groups excluding carboxylic acids is 1. The number of furan rings is 1. The van der Waals surface area contributed by atoms with E-state index in [-0.39, 0.29) is 23.3 Å². The van der Waals surface area contributed by atoms with Crippen molar-refractivity contribution in [3.8, 4) is 0 Å². The zero-order valence-corrected chi connectivity index (χ0v) is 13.2. The Morgan fingerprint density at radius 2 is 2.23 bits per heavy atom. The van der Waals surface area contributed by atoms with Gasteiger partial charge in [0.25, 0.3) is 5.91 Å². The smallest absolute Gasteiger partial charge is 0.287 e. The number of carbonyl (C=O) groups is 1. The summed E-state index contributed by atoms with van der Waals surface area (Å²) in [4.78, 5) is 12.4. The number of aryl methyl sites for hydroxylation is 1. The molecule has 2 heterocycles. The Hall–Kier alpha value is -2.14. The van der Waals surface area contributed by atoms with E-state index in [1.54, 1.807) is 30.4 Å². The van der Waals surface area contributed by atoms with E-state index in [4.69, 9.17) is 4.42 Å². The maximum Gasteiger partial charge on any atom is 0.287 e. The summed E-state index contributed by atoms with van der Waals surface area (Å²) in [5, 5.41) is 7.61. The van der Waals surface area contributed by atoms with E-state index in [1.165, 1.54) is 11.6 Å². The molecule has 3 nitrogen and oxygen atoms in total. The number of halogens is 1. The zero-order valence-electron chi connectivity index (χ0n) is 12.4. The third-order valence-electron chi connectivity index (χ3n) is 3.62. The molecule has 3 aromatic rings. The van der Waals surface area contributed by atoms with E-state index < -0.39 is 5.82 Å². The molecule has 0 saturated heterocycles. The van der Waals surface area contributed by atoms with Gasteiger partial charge >= 0.3 is 0 Å². The summed E-state index contributed by atoms with van der Waals surface area (Å²) in [5.41, 5.74) is 1.98. The fraction of sp³-hybridized carbons (Fsp3) is 0.235. The second kappa shape index (κ2) is 5.93. The molecule has 0 aliphatic carbocycles. The van der Waals surface area contributed by atoms with Crippen molar-refractivity contribution in [1.82, 2.24) is 5.32 Å². The number of rotatable bonds is 4. The topological polar surface area (TPSA) is 42.2 Å². The summed E-state index contributed by atoms with van der Waals surface area (Å²) in [6, 6.07) is 6.70. The summed E-state index contributed by atoms with van der Waals surface area (Å²) < 4.78 is 19.2. The Labute approximate surface area is 131 Å². The molecular weight excluding hydrogens is 301 g/mol. The van der Waals surface area contributed by atoms with Crippen LogP contribution in [0.25, 0.3) is 11.0 Å². The van der Waals surface area contributed by atoms with E-state index in [2.05, 4.69) is 10.7 Å². The average Bonchev–Trinajstić information content (AvgIpc) is 3.08. The van der Waals surface area contributed by atoms with Gasteiger partial charge in [-0.2, -0.15) is 11.3 Å². The Balaban J connectivity index is 1.80. The largest absolute Gasteiger partial charge is 0.448 e. The molecule has 1 N–H and O–H groups in total. The monoisotopic (exact) mass is 317 g/mol. The van der Waals surface area contributed by atoms with E-state index in [0.29, 0.717) is 10.9 Å². The zero-order chi connectivity index (χ0) is 15.7. The van der Waals surface area contributed by atoms with Crippen LogP contribution in [0.2, 0.25) is 0 Å². The molecule has 0 radical (unpaired) electrons. The normalized spacial score (nSPS) is 12.5. The number of para-hydroxylation sites is 1. The van der Waals surface area contributed by atoms with Gasteiger partial charge in [0.1, 0.15) is 0 Å². The highest BCUT2D eigenvalue weighted by atomic mass is 32.1. The molecule has 0 aliphatic heterocycles.